The van der Waals surface area contributed by atoms with Gasteiger partial charge in [0.15, 0.2) is 9.84 Å². The smallest absolute Gasteiger partial charge is 0.305 e. The summed E-state index contributed by atoms with van der Waals surface area (Å²) in [5, 5.41) is 4.04. The Hall–Kier alpha value is -3.81. The Bertz CT molecular complexity index is 1790. The molecule has 45 heavy (non-hydrogen) atoms. The molecule has 0 saturated carbocycles. The van der Waals surface area contributed by atoms with E-state index in [2.05, 4.69) is 10.3 Å². The predicted molar refractivity (Wildman–Crippen MR) is 165 cm³/mol. The molecule has 1 saturated heterocycles. The minimum atomic E-state index is -4.42. The maximum Gasteiger partial charge on any atom is 0.305 e. The molecule has 1 aliphatic rings. The second-order valence-electron chi connectivity index (χ2n) is 10.9. The molecule has 1 aliphatic heterocycles. The van der Waals surface area contributed by atoms with Gasteiger partial charge in [0, 0.05) is 49.4 Å². The van der Waals surface area contributed by atoms with E-state index in [0.29, 0.717) is 42.2 Å². The summed E-state index contributed by atoms with van der Waals surface area (Å²) in [5.41, 5.74) is 0.953. The second-order valence-corrected chi connectivity index (χ2v) is 13.9. The summed E-state index contributed by atoms with van der Waals surface area (Å²) < 4.78 is 80.7. The zero-order valence-electron chi connectivity index (χ0n) is 24.7. The lowest BCUT2D eigenvalue weighted by atomic mass is 10.0. The summed E-state index contributed by atoms with van der Waals surface area (Å²) in [6.07, 6.45) is 3.38. The number of hydrogen-bond acceptors (Lipinski definition) is 9. The Morgan fingerprint density at radius 1 is 1.13 bits per heavy atom. The second kappa shape index (κ2) is 14.1. The van der Waals surface area contributed by atoms with Crippen LogP contribution in [0.25, 0.3) is 21.7 Å². The predicted octanol–water partition coefficient (Wildman–Crippen LogP) is 6.77. The van der Waals surface area contributed by atoms with Gasteiger partial charge >= 0.3 is 5.97 Å². The molecule has 2 aromatic heterocycles. The fourth-order valence-corrected chi connectivity index (χ4v) is 7.78. The van der Waals surface area contributed by atoms with Crippen LogP contribution in [-0.2, 0) is 29.9 Å². The summed E-state index contributed by atoms with van der Waals surface area (Å²) in [4.78, 5) is 20.7. The van der Waals surface area contributed by atoms with Crippen molar-refractivity contribution in [3.05, 3.63) is 82.8 Å². The Kier molecular flexibility index (Phi) is 10.2. The molecule has 0 amide bonds. The molecule has 13 heteroatoms. The van der Waals surface area contributed by atoms with Gasteiger partial charge in [-0.3, -0.25) is 4.79 Å². The molecule has 0 spiro atoms. The van der Waals surface area contributed by atoms with Crippen LogP contribution in [0.15, 0.2) is 59.6 Å². The van der Waals surface area contributed by atoms with Gasteiger partial charge in [-0.15, -0.1) is 11.3 Å². The number of rotatable bonds is 11. The highest BCUT2D eigenvalue weighted by molar-refractivity contribution is 7.90. The molecule has 238 valence electrons. The van der Waals surface area contributed by atoms with Crippen LogP contribution >= 0.6 is 11.3 Å². The van der Waals surface area contributed by atoms with Gasteiger partial charge in [0.05, 0.1) is 28.4 Å². The number of benzene rings is 2. The van der Waals surface area contributed by atoms with Crippen molar-refractivity contribution in [3.8, 4) is 21.7 Å². The van der Waals surface area contributed by atoms with E-state index in [0.717, 1.165) is 35.5 Å². The molecule has 0 radical (unpaired) electrons. The fraction of sp³-hybridized carbons (Fsp3) is 0.344. The van der Waals surface area contributed by atoms with Gasteiger partial charge in [0.1, 0.15) is 28.2 Å². The van der Waals surface area contributed by atoms with Crippen LogP contribution in [0.3, 0.4) is 0 Å². The highest BCUT2D eigenvalue weighted by Crippen LogP contribution is 2.43. The molecule has 5 rings (SSSR count). The molecule has 1 fully saturated rings. The third kappa shape index (κ3) is 7.71. The summed E-state index contributed by atoms with van der Waals surface area (Å²) in [6, 6.07) is 10.1. The van der Waals surface area contributed by atoms with E-state index in [-0.39, 0.29) is 35.4 Å². The number of carbonyl (C=O) groups excluding carboxylic acids is 1. The van der Waals surface area contributed by atoms with Gasteiger partial charge in [-0.2, -0.15) is 0 Å². The molecular formula is C32H32F3N3O5S2. The summed E-state index contributed by atoms with van der Waals surface area (Å²) in [6.45, 7) is 3.54. The first-order valence-electron chi connectivity index (χ1n) is 14.4. The first-order valence-corrected chi connectivity index (χ1v) is 16.8. The van der Waals surface area contributed by atoms with Crippen LogP contribution < -0.4 is 5.32 Å². The number of thiazole rings is 1. The van der Waals surface area contributed by atoms with Crippen molar-refractivity contribution < 1.29 is 35.9 Å². The molecule has 0 bridgehead atoms. The van der Waals surface area contributed by atoms with E-state index in [1.165, 1.54) is 36.6 Å². The van der Waals surface area contributed by atoms with Crippen LogP contribution in [-0.4, -0.2) is 51.2 Å². The van der Waals surface area contributed by atoms with Crippen molar-refractivity contribution in [2.75, 3.05) is 32.2 Å². The topological polar surface area (TPSA) is 107 Å². The number of aromatic nitrogens is 2. The quantitative estimate of drug-likeness (QED) is 0.176. The van der Waals surface area contributed by atoms with Gasteiger partial charge in [0.25, 0.3) is 0 Å². The number of hydrogen-bond donors (Lipinski definition) is 1. The van der Waals surface area contributed by atoms with E-state index in [1.807, 2.05) is 13.0 Å². The molecule has 0 unspecified atom stereocenters. The van der Waals surface area contributed by atoms with Gasteiger partial charge in [-0.1, -0.05) is 19.1 Å². The van der Waals surface area contributed by atoms with E-state index < -0.39 is 37.9 Å². The van der Waals surface area contributed by atoms with Crippen LogP contribution in [0.2, 0.25) is 0 Å². The third-order valence-electron chi connectivity index (χ3n) is 7.52. The van der Waals surface area contributed by atoms with Crippen molar-refractivity contribution in [1.29, 1.82) is 0 Å². The monoisotopic (exact) mass is 659 g/mol. The SMILES string of the molecule is COC(=O)C[C@@H](C)CNc1cc(-c2sc(C3CCOCC3)nc2-c2cccc(CS(=O)(=O)c3cc(F)ccc3F)c2F)ccn1. The Morgan fingerprint density at radius 2 is 1.91 bits per heavy atom. The largest absolute Gasteiger partial charge is 0.469 e. The number of nitrogens with zero attached hydrogens (tertiary/aromatic N) is 2. The van der Waals surface area contributed by atoms with E-state index in [4.69, 9.17) is 14.5 Å². The van der Waals surface area contributed by atoms with Gasteiger partial charge < -0.3 is 14.8 Å². The zero-order chi connectivity index (χ0) is 32.1. The standard InChI is InChI=1S/C32H32F3N3O5S2/c1-19(14-28(39)42-2)17-37-27-15-21(8-11-36-27)31-30(38-32(44-31)20-9-12-43-13-10-20)24-5-3-4-22(29(24)35)18-45(40,41)26-16-23(33)6-7-25(26)34/h3-8,11,15-16,19-20H,9-10,12-14,17-18H2,1-2H3,(H,36,37)/t19-/m1/s1. The number of sulfone groups is 1. The van der Waals surface area contributed by atoms with Gasteiger partial charge in [0.2, 0.25) is 0 Å². The molecule has 1 N–H and O–H groups in total. The molecule has 3 heterocycles. The molecule has 8 nitrogen and oxygen atoms in total. The average molecular weight is 660 g/mol. The van der Waals surface area contributed by atoms with Gasteiger partial charge in [-0.25, -0.2) is 31.6 Å². The number of anilines is 1. The molecular weight excluding hydrogens is 627 g/mol. The van der Waals surface area contributed by atoms with E-state index in [9.17, 15) is 22.0 Å². The molecule has 1 atom stereocenters. The third-order valence-corrected chi connectivity index (χ3v) is 10.5. The van der Waals surface area contributed by atoms with Crippen LogP contribution in [0.1, 0.15) is 42.7 Å². The number of esters is 1. The first kappa shape index (κ1) is 32.6. The number of carbonyl (C=O) groups is 1. The van der Waals surface area contributed by atoms with Crippen molar-refractivity contribution in [1.82, 2.24) is 9.97 Å². The zero-order valence-corrected chi connectivity index (χ0v) is 26.3. The summed E-state index contributed by atoms with van der Waals surface area (Å²) in [7, 11) is -3.08. The number of pyridine rings is 1. The summed E-state index contributed by atoms with van der Waals surface area (Å²) in [5.74, 6) is -3.38. The Labute approximate surface area is 263 Å². The van der Waals surface area contributed by atoms with E-state index >= 15 is 4.39 Å². The first-order chi connectivity index (χ1) is 21.6. The fourth-order valence-electron chi connectivity index (χ4n) is 5.09. The van der Waals surface area contributed by atoms with Crippen molar-refractivity contribution >= 4 is 33.0 Å². The maximum atomic E-state index is 16.2. The van der Waals surface area contributed by atoms with Crippen molar-refractivity contribution in [2.45, 2.75) is 42.8 Å². The van der Waals surface area contributed by atoms with Crippen molar-refractivity contribution in [3.63, 3.8) is 0 Å². The molecule has 0 aliphatic carbocycles. The number of methoxy groups -OCH3 is 1. The Morgan fingerprint density at radius 3 is 2.67 bits per heavy atom. The average Bonchev–Trinajstić information content (AvgIpc) is 3.48. The van der Waals surface area contributed by atoms with Crippen molar-refractivity contribution in [2.24, 2.45) is 5.92 Å². The highest BCUT2D eigenvalue weighted by atomic mass is 32.2. The number of ether oxygens (including phenoxy) is 2. The van der Waals surface area contributed by atoms with Crippen LogP contribution in [0.4, 0.5) is 19.0 Å². The number of halogens is 3. The lowest BCUT2D eigenvalue weighted by Crippen LogP contribution is -2.16. The van der Waals surface area contributed by atoms with Gasteiger partial charge in [-0.05, 0) is 60.7 Å². The van der Waals surface area contributed by atoms with Crippen LogP contribution in [0, 0.1) is 23.4 Å². The minimum Gasteiger partial charge on any atom is -0.469 e. The normalized spacial score (nSPS) is 14.7. The maximum absolute atomic E-state index is 16.2. The highest BCUT2D eigenvalue weighted by Gasteiger charge is 2.27. The Balaban J connectivity index is 1.51. The minimum absolute atomic E-state index is 0.0176. The lowest BCUT2D eigenvalue weighted by Gasteiger charge is -2.19. The molecule has 2 aromatic carbocycles. The molecule has 4 aromatic rings. The lowest BCUT2D eigenvalue weighted by molar-refractivity contribution is -0.141. The summed E-state index contributed by atoms with van der Waals surface area (Å²) >= 11 is 1.43. The van der Waals surface area contributed by atoms with Crippen LogP contribution in [0.5, 0.6) is 0 Å². The van der Waals surface area contributed by atoms with E-state index in [1.54, 1.807) is 12.3 Å². The number of nitrogens with one attached hydrogen (secondary N) is 1.